The monoisotopic (exact) mass is 460 g/mol. The molecule has 0 bridgehead atoms. The first-order valence-electron chi connectivity index (χ1n) is 8.71. The lowest BCUT2D eigenvalue weighted by atomic mass is 9.77. The first-order chi connectivity index (χ1) is 14.7. The van der Waals surface area contributed by atoms with Gasteiger partial charge in [-0.25, -0.2) is 4.79 Å². The highest BCUT2D eigenvalue weighted by Gasteiger charge is 2.57. The second kappa shape index (κ2) is 6.16. The van der Waals surface area contributed by atoms with Crippen LogP contribution in [0.15, 0.2) is 36.4 Å². The number of nitro benzene ring substituents is 1. The fourth-order valence-corrected chi connectivity index (χ4v) is 4.53. The molecule has 3 aromatic carbocycles. The van der Waals surface area contributed by atoms with Crippen molar-refractivity contribution in [2.24, 2.45) is 0 Å². The number of anilines is 1. The van der Waals surface area contributed by atoms with Gasteiger partial charge in [0.05, 0.1) is 26.6 Å². The van der Waals surface area contributed by atoms with Crippen LogP contribution in [0.3, 0.4) is 0 Å². The average molecular weight is 461 g/mol. The maximum absolute atomic E-state index is 12.8. The predicted molar refractivity (Wildman–Crippen MR) is 109 cm³/mol. The molecule has 0 aromatic heterocycles. The van der Waals surface area contributed by atoms with Crippen LogP contribution in [-0.2, 0) is 10.3 Å². The number of esters is 1. The number of hydrogen-bond donors (Lipinski definition) is 3. The summed E-state index contributed by atoms with van der Waals surface area (Å²) >= 11 is 12.6. The Hall–Kier alpha value is -3.69. The normalized spacial score (nSPS) is 18.1. The number of fused-ring (bicyclic) bond motifs is 6. The van der Waals surface area contributed by atoms with Crippen LogP contribution in [0.1, 0.15) is 27.0 Å². The van der Waals surface area contributed by atoms with Crippen molar-refractivity contribution < 1.29 is 29.4 Å². The van der Waals surface area contributed by atoms with Crippen LogP contribution in [0.2, 0.25) is 10.0 Å². The molecule has 0 saturated heterocycles. The minimum absolute atomic E-state index is 0.139. The van der Waals surface area contributed by atoms with Gasteiger partial charge in [-0.05, 0) is 18.2 Å². The Bertz CT molecular complexity index is 1360. The van der Waals surface area contributed by atoms with Crippen molar-refractivity contribution in [2.75, 3.05) is 5.73 Å². The molecule has 0 aliphatic carbocycles. The molecule has 0 radical (unpaired) electrons. The summed E-state index contributed by atoms with van der Waals surface area (Å²) in [4.78, 5) is 23.7. The van der Waals surface area contributed by atoms with Crippen LogP contribution in [0.4, 0.5) is 11.4 Å². The predicted octanol–water partition coefficient (Wildman–Crippen LogP) is 4.46. The van der Waals surface area contributed by atoms with Gasteiger partial charge in [0.15, 0.2) is 11.4 Å². The van der Waals surface area contributed by atoms with Crippen LogP contribution >= 0.6 is 23.2 Å². The van der Waals surface area contributed by atoms with Crippen molar-refractivity contribution in [2.45, 2.75) is 5.60 Å². The van der Waals surface area contributed by atoms with E-state index in [1.165, 1.54) is 18.2 Å². The van der Waals surface area contributed by atoms with Crippen LogP contribution in [-0.4, -0.2) is 21.1 Å². The van der Waals surface area contributed by atoms with Crippen molar-refractivity contribution in [3.63, 3.8) is 0 Å². The Morgan fingerprint density at radius 3 is 2.45 bits per heavy atom. The highest BCUT2D eigenvalue weighted by Crippen LogP contribution is 2.64. The van der Waals surface area contributed by atoms with E-state index in [2.05, 4.69) is 0 Å². The number of carbonyl (C=O) groups excluding carboxylic acids is 1. The number of phenolic OH excluding ortho intramolecular Hbond substituents is 2. The van der Waals surface area contributed by atoms with Gasteiger partial charge in [0.1, 0.15) is 16.5 Å². The van der Waals surface area contributed by atoms with Gasteiger partial charge in [-0.2, -0.15) is 0 Å². The molecule has 5 rings (SSSR count). The lowest BCUT2D eigenvalue weighted by Crippen LogP contribution is -2.34. The summed E-state index contributed by atoms with van der Waals surface area (Å²) in [6.07, 6.45) is 0. The third-order valence-corrected chi connectivity index (χ3v) is 6.19. The molecule has 9 nitrogen and oxygen atoms in total. The summed E-state index contributed by atoms with van der Waals surface area (Å²) in [5, 5.41) is 31.4. The number of phenols is 2. The number of carbonyl (C=O) groups is 1. The molecule has 0 fully saturated rings. The maximum Gasteiger partial charge on any atom is 0.354 e. The molecule has 2 aliphatic heterocycles. The van der Waals surface area contributed by atoms with Crippen LogP contribution in [0.5, 0.6) is 23.0 Å². The van der Waals surface area contributed by atoms with Crippen molar-refractivity contribution in [1.29, 1.82) is 0 Å². The minimum Gasteiger partial charge on any atom is -0.506 e. The molecule has 0 saturated carbocycles. The molecule has 0 amide bonds. The SMILES string of the molecule is Nc1c(O)ccc2c1Oc1c([N+](=O)[O-])c(O)c(Cl)c(Cl)c1C21OC(=O)c2ccccc21. The number of nitrogens with two attached hydrogens (primary N) is 1. The first-order valence-corrected chi connectivity index (χ1v) is 9.47. The van der Waals surface area contributed by atoms with E-state index in [1.807, 2.05) is 0 Å². The Labute approximate surface area is 183 Å². The van der Waals surface area contributed by atoms with E-state index < -0.39 is 38.7 Å². The molecule has 156 valence electrons. The van der Waals surface area contributed by atoms with Crippen LogP contribution in [0.25, 0.3) is 0 Å². The molecule has 11 heteroatoms. The number of nitrogen functional groups attached to an aromatic ring is 1. The number of nitro groups is 1. The zero-order valence-electron chi connectivity index (χ0n) is 15.2. The van der Waals surface area contributed by atoms with E-state index in [1.54, 1.807) is 18.2 Å². The highest BCUT2D eigenvalue weighted by atomic mass is 35.5. The number of benzene rings is 3. The molecule has 1 atom stereocenters. The highest BCUT2D eigenvalue weighted by molar-refractivity contribution is 6.44. The second-order valence-electron chi connectivity index (χ2n) is 6.88. The van der Waals surface area contributed by atoms with E-state index in [0.717, 1.165) is 0 Å². The van der Waals surface area contributed by atoms with E-state index >= 15 is 0 Å². The van der Waals surface area contributed by atoms with Crippen LogP contribution in [0, 0.1) is 10.1 Å². The van der Waals surface area contributed by atoms with Gasteiger partial charge >= 0.3 is 11.7 Å². The van der Waals surface area contributed by atoms with Gasteiger partial charge in [0.2, 0.25) is 11.5 Å². The van der Waals surface area contributed by atoms with E-state index in [-0.39, 0.29) is 38.9 Å². The van der Waals surface area contributed by atoms with Crippen molar-refractivity contribution >= 4 is 40.5 Å². The summed E-state index contributed by atoms with van der Waals surface area (Å²) in [6, 6.07) is 9.05. The summed E-state index contributed by atoms with van der Waals surface area (Å²) in [7, 11) is 0. The molecule has 4 N–H and O–H groups in total. The molecular formula is C20H10Cl2N2O7. The van der Waals surface area contributed by atoms with Gasteiger partial charge < -0.3 is 25.4 Å². The quantitative estimate of drug-likeness (QED) is 0.158. The average Bonchev–Trinajstić information content (AvgIpc) is 3.02. The van der Waals surface area contributed by atoms with Crippen molar-refractivity contribution in [3.05, 3.63) is 78.8 Å². The lowest BCUT2D eigenvalue weighted by molar-refractivity contribution is -0.386. The molecule has 31 heavy (non-hydrogen) atoms. The van der Waals surface area contributed by atoms with Crippen molar-refractivity contribution in [3.8, 4) is 23.0 Å². The van der Waals surface area contributed by atoms with Gasteiger partial charge in [-0.3, -0.25) is 10.1 Å². The second-order valence-corrected chi connectivity index (χ2v) is 7.64. The first kappa shape index (κ1) is 19.3. The molecule has 2 aliphatic rings. The van der Waals surface area contributed by atoms with Gasteiger partial charge in [-0.15, -0.1) is 0 Å². The van der Waals surface area contributed by atoms with Gasteiger partial charge in [0, 0.05) is 5.56 Å². The smallest absolute Gasteiger partial charge is 0.354 e. The van der Waals surface area contributed by atoms with E-state index in [4.69, 9.17) is 38.4 Å². The van der Waals surface area contributed by atoms with E-state index in [0.29, 0.717) is 5.56 Å². The van der Waals surface area contributed by atoms with Gasteiger partial charge in [0.25, 0.3) is 0 Å². The lowest BCUT2D eigenvalue weighted by Gasteiger charge is -2.37. The summed E-state index contributed by atoms with van der Waals surface area (Å²) in [6.45, 7) is 0. The molecule has 1 unspecified atom stereocenters. The largest absolute Gasteiger partial charge is 0.506 e. The third-order valence-electron chi connectivity index (χ3n) is 5.35. The Kier molecular flexibility index (Phi) is 3.83. The molecule has 3 aromatic rings. The molecule has 1 spiro atoms. The minimum atomic E-state index is -1.82. The summed E-state index contributed by atoms with van der Waals surface area (Å²) in [5.41, 5.74) is 3.57. The maximum atomic E-state index is 12.8. The Balaban J connectivity index is 2.03. The fraction of sp³-hybridized carbons (Fsp3) is 0.0500. The zero-order valence-corrected chi connectivity index (χ0v) is 16.7. The number of ether oxygens (including phenoxy) is 2. The zero-order chi connectivity index (χ0) is 22.2. The number of halogens is 2. The van der Waals surface area contributed by atoms with Crippen molar-refractivity contribution in [1.82, 2.24) is 0 Å². The number of nitrogens with zero attached hydrogens (tertiary/aromatic N) is 1. The number of hydrogen-bond acceptors (Lipinski definition) is 8. The van der Waals surface area contributed by atoms with E-state index in [9.17, 15) is 25.1 Å². The molecular weight excluding hydrogens is 451 g/mol. The number of rotatable bonds is 1. The standard InChI is InChI=1S/C20H10Cl2N2O7/c21-12-11-18(15(24(28)29)16(26)13(12)22)30-17-9(5-6-10(25)14(17)23)20(11)8-4-2-1-3-7(8)19(27)31-20/h1-6,25-26H,23H2. The topological polar surface area (TPSA) is 145 Å². The Morgan fingerprint density at radius 1 is 1.03 bits per heavy atom. The third kappa shape index (κ3) is 2.24. The Morgan fingerprint density at radius 2 is 1.74 bits per heavy atom. The molecule has 2 heterocycles. The number of aromatic hydroxyl groups is 2. The summed E-state index contributed by atoms with van der Waals surface area (Å²) < 4.78 is 11.5. The summed E-state index contributed by atoms with van der Waals surface area (Å²) in [5.74, 6) is -2.69. The fourth-order valence-electron chi connectivity index (χ4n) is 4.04. The van der Waals surface area contributed by atoms with Gasteiger partial charge in [-0.1, -0.05) is 41.4 Å². The van der Waals surface area contributed by atoms with Crippen LogP contribution < -0.4 is 10.5 Å².